The predicted molar refractivity (Wildman–Crippen MR) is 109 cm³/mol. The molecule has 0 unspecified atom stereocenters. The van der Waals surface area contributed by atoms with Crippen LogP contribution in [0.4, 0.5) is 0 Å². The van der Waals surface area contributed by atoms with Crippen LogP contribution in [0.3, 0.4) is 0 Å². The Morgan fingerprint density at radius 1 is 0.966 bits per heavy atom. The third kappa shape index (κ3) is 8.23. The van der Waals surface area contributed by atoms with E-state index in [4.69, 9.17) is 21.1 Å². The van der Waals surface area contributed by atoms with Crippen LogP contribution in [-0.4, -0.2) is 38.0 Å². The highest BCUT2D eigenvalue weighted by Gasteiger charge is 2.09. The molecule has 2 aromatic rings. The van der Waals surface area contributed by atoms with Crippen molar-refractivity contribution >= 4 is 29.4 Å². The topological polar surface area (TPSA) is 93.7 Å². The fourth-order valence-electron chi connectivity index (χ4n) is 2.35. The lowest BCUT2D eigenvalue weighted by Gasteiger charge is -2.08. The lowest BCUT2D eigenvalue weighted by atomic mass is 10.2. The van der Waals surface area contributed by atoms with Crippen molar-refractivity contribution in [2.45, 2.75) is 19.4 Å². The molecule has 0 aliphatic carbocycles. The van der Waals surface area contributed by atoms with E-state index in [-0.39, 0.29) is 24.8 Å². The summed E-state index contributed by atoms with van der Waals surface area (Å²) < 4.78 is 10.0. The number of amides is 2. The molecule has 29 heavy (non-hydrogen) atoms. The number of hydrogen-bond acceptors (Lipinski definition) is 5. The van der Waals surface area contributed by atoms with Gasteiger partial charge < -0.3 is 20.1 Å². The maximum Gasteiger partial charge on any atom is 0.306 e. The van der Waals surface area contributed by atoms with E-state index in [9.17, 15) is 14.4 Å². The van der Waals surface area contributed by atoms with Gasteiger partial charge in [0, 0.05) is 30.1 Å². The lowest BCUT2D eigenvalue weighted by molar-refractivity contribution is -0.148. The zero-order valence-electron chi connectivity index (χ0n) is 16.1. The molecular formula is C21H23ClN2O5. The highest BCUT2D eigenvalue weighted by Crippen LogP contribution is 2.11. The molecule has 0 atom stereocenters. The molecule has 7 nitrogen and oxygen atoms in total. The average Bonchev–Trinajstić information content (AvgIpc) is 2.74. The number of halogens is 1. The van der Waals surface area contributed by atoms with E-state index in [0.717, 1.165) is 11.3 Å². The molecule has 2 rings (SSSR count). The van der Waals surface area contributed by atoms with E-state index >= 15 is 0 Å². The number of benzene rings is 2. The van der Waals surface area contributed by atoms with Crippen molar-refractivity contribution in [2.24, 2.45) is 0 Å². The van der Waals surface area contributed by atoms with Gasteiger partial charge in [0.25, 0.3) is 11.8 Å². The fourth-order valence-corrected chi connectivity index (χ4v) is 2.48. The van der Waals surface area contributed by atoms with Crippen LogP contribution in [0.2, 0.25) is 5.02 Å². The van der Waals surface area contributed by atoms with Gasteiger partial charge in [0.1, 0.15) is 5.75 Å². The van der Waals surface area contributed by atoms with E-state index in [0.29, 0.717) is 30.1 Å². The second-order valence-electron chi connectivity index (χ2n) is 6.15. The number of rotatable bonds is 10. The molecule has 0 aromatic heterocycles. The number of carbonyl (C=O) groups excluding carboxylic acids is 3. The second-order valence-corrected chi connectivity index (χ2v) is 6.59. The molecule has 2 aromatic carbocycles. The summed E-state index contributed by atoms with van der Waals surface area (Å²) in [5.41, 5.74) is 1.40. The number of nitrogens with one attached hydrogen (secondary N) is 2. The summed E-state index contributed by atoms with van der Waals surface area (Å²) in [6.07, 6.45) is 0.512. The SMILES string of the molecule is COc1ccc(CNC(=O)COC(=O)CCCNC(=O)c2ccc(Cl)cc2)cc1. The normalized spacial score (nSPS) is 10.1. The minimum absolute atomic E-state index is 0.104. The van der Waals surface area contributed by atoms with Crippen LogP contribution in [0.25, 0.3) is 0 Å². The van der Waals surface area contributed by atoms with Gasteiger partial charge in [0.15, 0.2) is 6.61 Å². The molecule has 0 spiro atoms. The van der Waals surface area contributed by atoms with Gasteiger partial charge in [-0.1, -0.05) is 23.7 Å². The highest BCUT2D eigenvalue weighted by molar-refractivity contribution is 6.30. The van der Waals surface area contributed by atoms with Crippen LogP contribution < -0.4 is 15.4 Å². The molecular weight excluding hydrogens is 396 g/mol. The quantitative estimate of drug-likeness (QED) is 0.457. The summed E-state index contributed by atoms with van der Waals surface area (Å²) in [6, 6.07) is 13.8. The van der Waals surface area contributed by atoms with Gasteiger partial charge in [0.2, 0.25) is 0 Å². The maximum absolute atomic E-state index is 11.9. The van der Waals surface area contributed by atoms with Crippen molar-refractivity contribution < 1.29 is 23.9 Å². The Morgan fingerprint density at radius 2 is 1.66 bits per heavy atom. The van der Waals surface area contributed by atoms with Crippen LogP contribution in [0.1, 0.15) is 28.8 Å². The van der Waals surface area contributed by atoms with Crippen molar-refractivity contribution in [2.75, 3.05) is 20.3 Å². The Morgan fingerprint density at radius 3 is 2.31 bits per heavy atom. The third-order valence-electron chi connectivity index (χ3n) is 3.96. The number of esters is 1. The number of hydrogen-bond donors (Lipinski definition) is 2. The van der Waals surface area contributed by atoms with E-state index in [1.165, 1.54) is 0 Å². The van der Waals surface area contributed by atoms with Crippen molar-refractivity contribution in [1.29, 1.82) is 0 Å². The van der Waals surface area contributed by atoms with Crippen molar-refractivity contribution in [3.8, 4) is 5.75 Å². The molecule has 0 heterocycles. The van der Waals surface area contributed by atoms with Gasteiger partial charge in [-0.2, -0.15) is 0 Å². The van der Waals surface area contributed by atoms with Crippen molar-refractivity contribution in [3.63, 3.8) is 0 Å². The Balaban J connectivity index is 1.57. The first-order valence-electron chi connectivity index (χ1n) is 9.07. The first kappa shape index (κ1) is 22.2. The first-order chi connectivity index (χ1) is 14.0. The van der Waals surface area contributed by atoms with E-state index in [1.807, 2.05) is 12.1 Å². The minimum atomic E-state index is -0.495. The van der Waals surface area contributed by atoms with Crippen LogP contribution in [-0.2, 0) is 20.9 Å². The molecule has 2 amide bonds. The van der Waals surface area contributed by atoms with Gasteiger partial charge in [-0.25, -0.2) is 0 Å². The van der Waals surface area contributed by atoms with Crippen LogP contribution >= 0.6 is 11.6 Å². The first-order valence-corrected chi connectivity index (χ1v) is 9.44. The van der Waals surface area contributed by atoms with Crippen molar-refractivity contribution in [1.82, 2.24) is 10.6 Å². The standard InChI is InChI=1S/C21H23ClN2O5/c1-28-18-10-4-15(5-11-18)13-24-19(25)14-29-20(26)3-2-12-23-21(27)16-6-8-17(22)9-7-16/h4-11H,2-3,12-14H2,1H3,(H,23,27)(H,24,25). The molecule has 0 fully saturated rings. The zero-order chi connectivity index (χ0) is 21.1. The zero-order valence-corrected chi connectivity index (χ0v) is 16.8. The minimum Gasteiger partial charge on any atom is -0.497 e. The Kier molecular flexibility index (Phi) is 8.98. The second kappa shape index (κ2) is 11.7. The molecule has 0 radical (unpaired) electrons. The summed E-state index contributed by atoms with van der Waals surface area (Å²) in [5.74, 6) is -0.387. The largest absolute Gasteiger partial charge is 0.497 e. The van der Waals surface area contributed by atoms with Crippen LogP contribution in [0.5, 0.6) is 5.75 Å². The molecule has 0 aliphatic rings. The van der Waals surface area contributed by atoms with E-state index in [1.54, 1.807) is 43.5 Å². The summed E-state index contributed by atoms with van der Waals surface area (Å²) >= 11 is 5.78. The molecule has 154 valence electrons. The van der Waals surface area contributed by atoms with Gasteiger partial charge in [-0.3, -0.25) is 14.4 Å². The monoisotopic (exact) mass is 418 g/mol. The Hall–Kier alpha value is -3.06. The number of carbonyl (C=O) groups is 3. The molecule has 0 aliphatic heterocycles. The van der Waals surface area contributed by atoms with Crippen molar-refractivity contribution in [3.05, 3.63) is 64.7 Å². The molecule has 2 N–H and O–H groups in total. The summed E-state index contributed by atoms with van der Waals surface area (Å²) in [5, 5.41) is 5.93. The average molecular weight is 419 g/mol. The van der Waals surface area contributed by atoms with E-state index < -0.39 is 5.97 Å². The predicted octanol–water partition coefficient (Wildman–Crippen LogP) is 2.72. The summed E-state index contributed by atoms with van der Waals surface area (Å²) in [6.45, 7) is 0.309. The van der Waals surface area contributed by atoms with Gasteiger partial charge in [0.05, 0.1) is 7.11 Å². The fraction of sp³-hybridized carbons (Fsp3) is 0.286. The molecule has 0 bridgehead atoms. The molecule has 8 heteroatoms. The van der Waals surface area contributed by atoms with Gasteiger partial charge in [-0.15, -0.1) is 0 Å². The third-order valence-corrected chi connectivity index (χ3v) is 4.21. The van der Waals surface area contributed by atoms with Gasteiger partial charge in [-0.05, 0) is 48.4 Å². The smallest absolute Gasteiger partial charge is 0.306 e. The summed E-state index contributed by atoms with van der Waals surface area (Å²) in [7, 11) is 1.58. The number of ether oxygens (including phenoxy) is 2. The van der Waals surface area contributed by atoms with E-state index in [2.05, 4.69) is 10.6 Å². The maximum atomic E-state index is 11.9. The van der Waals surface area contributed by atoms with Crippen LogP contribution in [0.15, 0.2) is 48.5 Å². The molecule has 0 saturated heterocycles. The van der Waals surface area contributed by atoms with Gasteiger partial charge >= 0.3 is 5.97 Å². The lowest BCUT2D eigenvalue weighted by Crippen LogP contribution is -2.28. The Bertz CT molecular complexity index is 822. The number of methoxy groups -OCH3 is 1. The summed E-state index contributed by atoms with van der Waals surface area (Å²) in [4.78, 5) is 35.4. The Labute approximate surface area is 174 Å². The molecule has 0 saturated carbocycles. The highest BCUT2D eigenvalue weighted by atomic mass is 35.5. The van der Waals surface area contributed by atoms with Crippen LogP contribution in [0, 0.1) is 0 Å².